The zero-order valence-electron chi connectivity index (χ0n) is 18.0. The van der Waals surface area contributed by atoms with E-state index in [9.17, 15) is 9.18 Å². The molecule has 2 fully saturated rings. The van der Waals surface area contributed by atoms with E-state index in [1.54, 1.807) is 18.2 Å². The predicted octanol–water partition coefficient (Wildman–Crippen LogP) is 3.02. The molecular weight excluding hydrogens is 407 g/mol. The van der Waals surface area contributed by atoms with Crippen molar-refractivity contribution in [2.45, 2.75) is 25.4 Å². The molecule has 166 valence electrons. The van der Waals surface area contributed by atoms with E-state index in [2.05, 4.69) is 10.2 Å². The van der Waals surface area contributed by atoms with Gasteiger partial charge in [0.15, 0.2) is 5.96 Å². The quantitative estimate of drug-likeness (QED) is 0.786. The number of amides is 1. The molecule has 1 saturated carbocycles. The minimum atomic E-state index is -0.374. The van der Waals surface area contributed by atoms with Crippen LogP contribution in [0.2, 0.25) is 0 Å². The van der Waals surface area contributed by atoms with Gasteiger partial charge in [0.1, 0.15) is 5.82 Å². The molecule has 1 saturated heterocycles. The van der Waals surface area contributed by atoms with E-state index in [4.69, 9.17) is 9.73 Å². The number of ether oxygens (including phenoxy) is 1. The van der Waals surface area contributed by atoms with Gasteiger partial charge in [-0.1, -0.05) is 42.5 Å². The van der Waals surface area contributed by atoms with Gasteiger partial charge in [-0.3, -0.25) is 4.79 Å². The fraction of sp³-hybridized carbons (Fsp3) is 0.360. The van der Waals surface area contributed by atoms with Gasteiger partial charge in [0.2, 0.25) is 0 Å². The Morgan fingerprint density at radius 2 is 1.81 bits per heavy atom. The number of morpholine rings is 1. The smallest absolute Gasteiger partial charge is 0.254 e. The van der Waals surface area contributed by atoms with Crippen molar-refractivity contribution in [1.29, 1.82) is 0 Å². The van der Waals surface area contributed by atoms with E-state index in [1.165, 1.54) is 6.07 Å². The Labute approximate surface area is 187 Å². The number of nitrogens with one attached hydrogen (secondary N) is 1. The first-order chi connectivity index (χ1) is 15.7. The summed E-state index contributed by atoms with van der Waals surface area (Å²) in [7, 11) is 0. The molecule has 1 aliphatic carbocycles. The lowest BCUT2D eigenvalue weighted by molar-refractivity contribution is -0.128. The number of carbonyl (C=O) groups excluding carboxylic acids is 1. The minimum absolute atomic E-state index is 0.0770. The van der Waals surface area contributed by atoms with Crippen LogP contribution in [-0.2, 0) is 16.1 Å². The van der Waals surface area contributed by atoms with Crippen molar-refractivity contribution < 1.29 is 13.9 Å². The molecule has 0 bridgehead atoms. The summed E-state index contributed by atoms with van der Waals surface area (Å²) in [6.07, 6.45) is 1.99. The van der Waals surface area contributed by atoms with Gasteiger partial charge in [-0.05, 0) is 30.5 Å². The number of halogens is 1. The van der Waals surface area contributed by atoms with Crippen LogP contribution < -0.4 is 5.32 Å². The van der Waals surface area contributed by atoms with Crippen LogP contribution in [-0.4, -0.2) is 60.6 Å². The molecule has 7 heteroatoms. The van der Waals surface area contributed by atoms with Crippen molar-refractivity contribution in [3.63, 3.8) is 0 Å². The van der Waals surface area contributed by atoms with Gasteiger partial charge in [0, 0.05) is 31.2 Å². The highest BCUT2D eigenvalue weighted by molar-refractivity contribution is 6.05. The van der Waals surface area contributed by atoms with E-state index in [0.29, 0.717) is 62.2 Å². The fourth-order valence-electron chi connectivity index (χ4n) is 4.18. The van der Waals surface area contributed by atoms with E-state index in [1.807, 2.05) is 35.2 Å². The average molecular weight is 435 g/mol. The molecule has 3 aliphatic rings. The van der Waals surface area contributed by atoms with E-state index >= 15 is 0 Å². The standard InChI is InChI=1S/C25H27FN4O2/c26-22-9-5-4-8-20(22)23-21(16-27-25(28-23)29-12-14-32-15-13-29)24(31)30(19-10-11-19)17-18-6-2-1-3-7-18/h1-9,19H,10-17H2,(H,27,28). The Balaban J connectivity index is 1.52. The summed E-state index contributed by atoms with van der Waals surface area (Å²) in [6, 6.07) is 16.8. The molecule has 2 heterocycles. The summed E-state index contributed by atoms with van der Waals surface area (Å²) < 4.78 is 20.3. The van der Waals surface area contributed by atoms with Crippen LogP contribution in [0, 0.1) is 5.82 Å². The molecule has 0 unspecified atom stereocenters. The molecule has 0 atom stereocenters. The highest BCUT2D eigenvalue weighted by Gasteiger charge is 2.36. The van der Waals surface area contributed by atoms with Crippen molar-refractivity contribution in [3.05, 3.63) is 77.1 Å². The molecule has 6 nitrogen and oxygen atoms in total. The second-order valence-corrected chi connectivity index (χ2v) is 8.35. The van der Waals surface area contributed by atoms with Crippen molar-refractivity contribution in [2.24, 2.45) is 4.99 Å². The lowest BCUT2D eigenvalue weighted by Crippen LogP contribution is -2.50. The number of hydrogen-bond donors (Lipinski definition) is 1. The summed E-state index contributed by atoms with van der Waals surface area (Å²) in [5.41, 5.74) is 2.38. The number of hydrogen-bond acceptors (Lipinski definition) is 5. The van der Waals surface area contributed by atoms with Crippen LogP contribution in [0.3, 0.4) is 0 Å². The van der Waals surface area contributed by atoms with Crippen molar-refractivity contribution in [3.8, 4) is 0 Å². The molecule has 1 amide bonds. The first kappa shape index (κ1) is 20.7. The van der Waals surface area contributed by atoms with Crippen molar-refractivity contribution in [2.75, 3.05) is 32.8 Å². The molecule has 2 aromatic rings. The maximum Gasteiger partial charge on any atom is 0.254 e. The fourth-order valence-corrected chi connectivity index (χ4v) is 4.18. The Kier molecular flexibility index (Phi) is 5.90. The van der Waals surface area contributed by atoms with Gasteiger partial charge in [-0.15, -0.1) is 0 Å². The molecule has 2 aliphatic heterocycles. The molecule has 0 spiro atoms. The summed E-state index contributed by atoms with van der Waals surface area (Å²) in [5, 5.41) is 3.31. The van der Waals surface area contributed by atoms with Gasteiger partial charge in [-0.2, -0.15) is 0 Å². The average Bonchev–Trinajstić information content (AvgIpc) is 3.69. The Hall–Kier alpha value is -3.19. The highest BCUT2D eigenvalue weighted by Crippen LogP contribution is 2.33. The number of carbonyl (C=O) groups is 1. The number of benzene rings is 2. The monoisotopic (exact) mass is 434 g/mol. The van der Waals surface area contributed by atoms with Crippen LogP contribution in [0.4, 0.5) is 4.39 Å². The van der Waals surface area contributed by atoms with E-state index in [-0.39, 0.29) is 17.8 Å². The molecule has 0 radical (unpaired) electrons. The molecule has 5 rings (SSSR count). The lowest BCUT2D eigenvalue weighted by atomic mass is 10.0. The highest BCUT2D eigenvalue weighted by atomic mass is 19.1. The SMILES string of the molecule is O=C(C1=C(c2ccccc2F)N=C(N2CCOCC2)NC1)N(Cc1ccccc1)C1CC1. The largest absolute Gasteiger partial charge is 0.378 e. The molecule has 2 aromatic carbocycles. The summed E-state index contributed by atoms with van der Waals surface area (Å²) in [6.45, 7) is 3.52. The third-order valence-electron chi connectivity index (χ3n) is 6.07. The number of rotatable bonds is 5. The van der Waals surface area contributed by atoms with Crippen LogP contribution in [0.1, 0.15) is 24.0 Å². The van der Waals surface area contributed by atoms with Crippen LogP contribution in [0.15, 0.2) is 65.2 Å². The third-order valence-corrected chi connectivity index (χ3v) is 6.07. The third kappa shape index (κ3) is 4.39. The molecule has 32 heavy (non-hydrogen) atoms. The minimum Gasteiger partial charge on any atom is -0.378 e. The lowest BCUT2D eigenvalue weighted by Gasteiger charge is -2.33. The van der Waals surface area contributed by atoms with Gasteiger partial charge in [0.25, 0.3) is 5.91 Å². The zero-order valence-corrected chi connectivity index (χ0v) is 18.0. The van der Waals surface area contributed by atoms with Gasteiger partial charge in [-0.25, -0.2) is 9.38 Å². The summed E-state index contributed by atoms with van der Waals surface area (Å²) >= 11 is 0. The van der Waals surface area contributed by atoms with Crippen LogP contribution in [0.25, 0.3) is 5.70 Å². The first-order valence-corrected chi connectivity index (χ1v) is 11.2. The molecular formula is C25H27FN4O2. The van der Waals surface area contributed by atoms with Crippen molar-refractivity contribution in [1.82, 2.24) is 15.1 Å². The van der Waals surface area contributed by atoms with Crippen LogP contribution >= 0.6 is 0 Å². The second-order valence-electron chi connectivity index (χ2n) is 8.35. The number of nitrogens with zero attached hydrogens (tertiary/aromatic N) is 3. The Morgan fingerprint density at radius 1 is 1.09 bits per heavy atom. The van der Waals surface area contributed by atoms with Crippen molar-refractivity contribution >= 4 is 17.6 Å². The maximum atomic E-state index is 14.8. The van der Waals surface area contributed by atoms with Gasteiger partial charge < -0.3 is 19.9 Å². The van der Waals surface area contributed by atoms with E-state index in [0.717, 1.165) is 18.4 Å². The number of guanidine groups is 1. The zero-order chi connectivity index (χ0) is 21.9. The summed E-state index contributed by atoms with van der Waals surface area (Å²) in [5.74, 6) is 0.219. The second kappa shape index (κ2) is 9.12. The van der Waals surface area contributed by atoms with Gasteiger partial charge in [0.05, 0.1) is 31.0 Å². The molecule has 1 N–H and O–H groups in total. The predicted molar refractivity (Wildman–Crippen MR) is 121 cm³/mol. The topological polar surface area (TPSA) is 57.2 Å². The molecule has 0 aromatic heterocycles. The normalized spacial score (nSPS) is 18.8. The first-order valence-electron chi connectivity index (χ1n) is 11.2. The van der Waals surface area contributed by atoms with E-state index < -0.39 is 0 Å². The van der Waals surface area contributed by atoms with Gasteiger partial charge >= 0.3 is 0 Å². The number of aliphatic imine (C=N–C) groups is 1. The van der Waals surface area contributed by atoms with Crippen LogP contribution in [0.5, 0.6) is 0 Å². The maximum absolute atomic E-state index is 14.8. The Morgan fingerprint density at radius 3 is 2.53 bits per heavy atom. The Bertz CT molecular complexity index is 1040. The summed E-state index contributed by atoms with van der Waals surface area (Å²) in [4.78, 5) is 22.6.